The molecule has 1 rings (SSSR count). The van der Waals surface area contributed by atoms with Crippen LogP contribution < -0.4 is 5.32 Å². The molecule has 0 fully saturated rings. The van der Waals surface area contributed by atoms with Crippen molar-refractivity contribution in [2.45, 2.75) is 13.8 Å². The third kappa shape index (κ3) is 1.90. The van der Waals surface area contributed by atoms with Crippen LogP contribution in [0.1, 0.15) is 13.8 Å². The molecule has 0 spiro atoms. The number of carbonyl (C=O) groups is 2. The number of aromatic nitrogens is 2. The number of nitrogens with one attached hydrogen (secondary N) is 2. The molecule has 0 aliphatic rings. The van der Waals surface area contributed by atoms with Gasteiger partial charge in [0.2, 0.25) is 11.9 Å². The molecule has 1 amide bonds. The van der Waals surface area contributed by atoms with Crippen LogP contribution in [0.3, 0.4) is 0 Å². The van der Waals surface area contributed by atoms with Gasteiger partial charge >= 0.3 is 5.97 Å². The minimum absolute atomic E-state index is 0.240. The molecular weight excluding hydrogens is 186 g/mol. The number of H-pyrrole nitrogens is 1. The Balaban J connectivity index is 2.72. The summed E-state index contributed by atoms with van der Waals surface area (Å²) in [4.78, 5) is 28.5. The number of carboxylic acids is 1. The van der Waals surface area contributed by atoms with E-state index in [-0.39, 0.29) is 5.95 Å². The first-order valence-corrected chi connectivity index (χ1v) is 3.99. The van der Waals surface area contributed by atoms with Crippen molar-refractivity contribution >= 4 is 17.8 Å². The first-order valence-electron chi connectivity index (χ1n) is 3.99. The predicted molar refractivity (Wildman–Crippen MR) is 48.6 cm³/mol. The molecule has 0 atom stereocenters. The number of anilines is 1. The van der Waals surface area contributed by atoms with Gasteiger partial charge in [-0.15, -0.1) is 0 Å². The Bertz CT molecular complexity index is 343. The zero-order chi connectivity index (χ0) is 10.8. The Hall–Kier alpha value is -1.85. The van der Waals surface area contributed by atoms with E-state index < -0.39 is 17.3 Å². The number of aromatic amines is 1. The molecule has 0 aliphatic heterocycles. The van der Waals surface area contributed by atoms with Gasteiger partial charge in [0, 0.05) is 12.4 Å². The maximum Gasteiger partial charge on any atom is 0.318 e. The van der Waals surface area contributed by atoms with Crippen molar-refractivity contribution in [3.63, 3.8) is 0 Å². The number of rotatable bonds is 3. The fraction of sp³-hybridized carbons (Fsp3) is 0.375. The summed E-state index contributed by atoms with van der Waals surface area (Å²) >= 11 is 0. The van der Waals surface area contributed by atoms with Crippen LogP contribution in [-0.4, -0.2) is 27.0 Å². The fourth-order valence-corrected chi connectivity index (χ4v) is 0.695. The van der Waals surface area contributed by atoms with Crippen molar-refractivity contribution in [2.75, 3.05) is 5.32 Å². The highest BCUT2D eigenvalue weighted by Crippen LogP contribution is 2.17. The number of aliphatic carboxylic acids is 1. The van der Waals surface area contributed by atoms with Crippen molar-refractivity contribution in [3.8, 4) is 0 Å². The van der Waals surface area contributed by atoms with E-state index in [0.717, 1.165) is 0 Å². The van der Waals surface area contributed by atoms with Crippen LogP contribution in [-0.2, 0) is 9.59 Å². The topological polar surface area (TPSA) is 95.1 Å². The molecule has 0 aromatic carbocycles. The molecule has 3 N–H and O–H groups in total. The minimum atomic E-state index is -1.47. The molecule has 0 bridgehead atoms. The highest BCUT2D eigenvalue weighted by atomic mass is 16.4. The van der Waals surface area contributed by atoms with Crippen LogP contribution in [0.5, 0.6) is 0 Å². The molecule has 0 radical (unpaired) electrons. The number of amides is 1. The Labute approximate surface area is 80.4 Å². The van der Waals surface area contributed by atoms with E-state index in [1.165, 1.54) is 26.2 Å². The van der Waals surface area contributed by atoms with Crippen LogP contribution in [0.15, 0.2) is 12.4 Å². The zero-order valence-electron chi connectivity index (χ0n) is 7.87. The molecule has 76 valence electrons. The molecule has 0 unspecified atom stereocenters. The molecule has 1 aromatic heterocycles. The number of imidazole rings is 1. The van der Waals surface area contributed by atoms with Crippen LogP contribution in [0, 0.1) is 5.41 Å². The third-order valence-electron chi connectivity index (χ3n) is 1.83. The molecule has 1 aromatic rings. The van der Waals surface area contributed by atoms with Crippen LogP contribution in [0.25, 0.3) is 0 Å². The second-order valence-corrected chi connectivity index (χ2v) is 3.32. The van der Waals surface area contributed by atoms with Gasteiger partial charge in [0.05, 0.1) is 0 Å². The Morgan fingerprint density at radius 1 is 1.57 bits per heavy atom. The lowest BCUT2D eigenvalue weighted by molar-refractivity contribution is -0.151. The normalized spacial score (nSPS) is 11.0. The summed E-state index contributed by atoms with van der Waals surface area (Å²) in [6.07, 6.45) is 2.99. The Morgan fingerprint density at radius 2 is 2.21 bits per heavy atom. The van der Waals surface area contributed by atoms with E-state index in [0.29, 0.717) is 0 Å². The summed E-state index contributed by atoms with van der Waals surface area (Å²) < 4.78 is 0. The lowest BCUT2D eigenvalue weighted by Gasteiger charge is -2.16. The zero-order valence-corrected chi connectivity index (χ0v) is 7.87. The van der Waals surface area contributed by atoms with E-state index in [1.54, 1.807) is 0 Å². The van der Waals surface area contributed by atoms with Gasteiger partial charge < -0.3 is 10.1 Å². The number of carbonyl (C=O) groups excluding carboxylic acids is 1. The second-order valence-electron chi connectivity index (χ2n) is 3.32. The summed E-state index contributed by atoms with van der Waals surface area (Å²) in [5, 5.41) is 11.1. The maximum atomic E-state index is 11.4. The second kappa shape index (κ2) is 3.49. The highest BCUT2D eigenvalue weighted by Gasteiger charge is 2.36. The van der Waals surface area contributed by atoms with Crippen molar-refractivity contribution in [2.24, 2.45) is 5.41 Å². The van der Waals surface area contributed by atoms with E-state index in [4.69, 9.17) is 5.11 Å². The van der Waals surface area contributed by atoms with Crippen LogP contribution >= 0.6 is 0 Å². The summed E-state index contributed by atoms with van der Waals surface area (Å²) in [6.45, 7) is 2.65. The molecule has 6 heteroatoms. The van der Waals surface area contributed by atoms with E-state index >= 15 is 0 Å². The van der Waals surface area contributed by atoms with Gasteiger partial charge in [-0.25, -0.2) is 4.98 Å². The van der Waals surface area contributed by atoms with E-state index in [9.17, 15) is 9.59 Å². The number of carboxylic acid groups (broad SMARTS) is 1. The number of hydrogen-bond acceptors (Lipinski definition) is 3. The monoisotopic (exact) mass is 197 g/mol. The SMILES string of the molecule is CC(C)(C(=O)O)C(=O)Nc1ncc[nH]1. The van der Waals surface area contributed by atoms with Gasteiger partial charge in [0.15, 0.2) is 0 Å². The molecule has 14 heavy (non-hydrogen) atoms. The number of hydrogen-bond donors (Lipinski definition) is 3. The lowest BCUT2D eigenvalue weighted by atomic mass is 9.93. The third-order valence-corrected chi connectivity index (χ3v) is 1.83. The predicted octanol–water partition coefficient (Wildman–Crippen LogP) is 0.459. The molecular formula is C8H11N3O3. The first kappa shape index (κ1) is 10.2. The van der Waals surface area contributed by atoms with Gasteiger partial charge in [-0.3, -0.25) is 14.9 Å². The quantitative estimate of drug-likeness (QED) is 0.613. The highest BCUT2D eigenvalue weighted by molar-refractivity contribution is 6.06. The minimum Gasteiger partial charge on any atom is -0.480 e. The van der Waals surface area contributed by atoms with Crippen molar-refractivity contribution in [1.29, 1.82) is 0 Å². The summed E-state index contributed by atoms with van der Waals surface area (Å²) in [6, 6.07) is 0. The summed E-state index contributed by atoms with van der Waals surface area (Å²) in [5.74, 6) is -1.55. The van der Waals surface area contributed by atoms with E-state index in [2.05, 4.69) is 15.3 Å². The Morgan fingerprint density at radius 3 is 2.64 bits per heavy atom. The van der Waals surface area contributed by atoms with Gasteiger partial charge in [0.25, 0.3) is 0 Å². The first-order chi connectivity index (χ1) is 6.44. The lowest BCUT2D eigenvalue weighted by Crippen LogP contribution is -2.38. The van der Waals surface area contributed by atoms with Crippen molar-refractivity contribution in [1.82, 2.24) is 9.97 Å². The van der Waals surface area contributed by atoms with Gasteiger partial charge in [-0.2, -0.15) is 0 Å². The molecule has 0 saturated carbocycles. The summed E-state index contributed by atoms with van der Waals surface area (Å²) in [5.41, 5.74) is -1.47. The Kier molecular flexibility index (Phi) is 2.55. The van der Waals surface area contributed by atoms with Gasteiger partial charge in [-0.05, 0) is 13.8 Å². The van der Waals surface area contributed by atoms with Gasteiger partial charge in [-0.1, -0.05) is 0 Å². The number of nitrogens with zero attached hydrogens (tertiary/aromatic N) is 1. The van der Waals surface area contributed by atoms with Gasteiger partial charge in [0.1, 0.15) is 5.41 Å². The van der Waals surface area contributed by atoms with Crippen molar-refractivity contribution < 1.29 is 14.7 Å². The van der Waals surface area contributed by atoms with E-state index in [1.807, 2.05) is 0 Å². The van der Waals surface area contributed by atoms with Crippen molar-refractivity contribution in [3.05, 3.63) is 12.4 Å². The molecule has 0 saturated heterocycles. The maximum absolute atomic E-state index is 11.4. The van der Waals surface area contributed by atoms with Crippen LogP contribution in [0.4, 0.5) is 5.95 Å². The largest absolute Gasteiger partial charge is 0.480 e. The molecule has 1 heterocycles. The molecule has 0 aliphatic carbocycles. The fourth-order valence-electron chi connectivity index (χ4n) is 0.695. The average Bonchev–Trinajstić information content (AvgIpc) is 2.56. The standard InChI is InChI=1S/C8H11N3O3/c1-8(2,6(13)14)5(12)11-7-9-3-4-10-7/h3-4H,1-2H3,(H,13,14)(H2,9,10,11,12). The van der Waals surface area contributed by atoms with Crippen LogP contribution in [0.2, 0.25) is 0 Å². The smallest absolute Gasteiger partial charge is 0.318 e. The average molecular weight is 197 g/mol. The summed E-state index contributed by atoms with van der Waals surface area (Å²) in [7, 11) is 0. The molecule has 6 nitrogen and oxygen atoms in total.